The summed E-state index contributed by atoms with van der Waals surface area (Å²) in [5, 5.41) is 36.5. The van der Waals surface area contributed by atoms with Crippen LogP contribution in [-0.4, -0.2) is 10.5 Å². The number of rotatable bonds is 6. The van der Waals surface area contributed by atoms with Gasteiger partial charge in [0.1, 0.15) is 0 Å². The van der Waals surface area contributed by atoms with E-state index in [0.29, 0.717) is 0 Å². The van der Waals surface area contributed by atoms with Crippen LogP contribution in [0.1, 0.15) is 7.43 Å². The van der Waals surface area contributed by atoms with Crippen LogP contribution in [0.3, 0.4) is 0 Å². The smallest absolute Gasteiger partial charge is 0.00000272 e. The molecule has 0 aromatic rings. The van der Waals surface area contributed by atoms with Crippen molar-refractivity contribution in [1.29, 1.82) is 0 Å². The highest BCUT2D eigenvalue weighted by atomic mass is 17.9. The molecule has 0 rings (SSSR count). The summed E-state index contributed by atoms with van der Waals surface area (Å²) in [4.78, 5) is 0. The molecule has 0 atom stereocenters. The minimum atomic E-state index is 0. The molecule has 0 bridgehead atoms. The maximum atomic E-state index is 7.32. The van der Waals surface area contributed by atoms with Gasteiger partial charge in [0.15, 0.2) is 0 Å². The second kappa shape index (κ2) is 11.4. The molecular weight excluding hydrogens is 156 g/mol. The van der Waals surface area contributed by atoms with Gasteiger partial charge >= 0.3 is 0 Å². The van der Waals surface area contributed by atoms with Gasteiger partial charge in [-0.3, -0.25) is 0 Å². The molecule has 64 valence electrons. The molecule has 10 heavy (non-hydrogen) atoms. The quantitative estimate of drug-likeness (QED) is 0.321. The van der Waals surface area contributed by atoms with Crippen LogP contribution in [0.4, 0.5) is 0 Å². The van der Waals surface area contributed by atoms with Crippen molar-refractivity contribution in [3.05, 3.63) is 0 Å². The molecule has 0 amide bonds. The first-order chi connectivity index (χ1) is 4.41. The first kappa shape index (κ1) is 12.3. The molecule has 0 aliphatic carbocycles. The van der Waals surface area contributed by atoms with Gasteiger partial charge in [-0.25, -0.2) is 10.5 Å². The van der Waals surface area contributed by atoms with Crippen LogP contribution in [-0.2, 0) is 35.3 Å². The summed E-state index contributed by atoms with van der Waals surface area (Å²) in [6.45, 7) is 0. The van der Waals surface area contributed by atoms with Crippen LogP contribution in [0.2, 0.25) is 0 Å². The van der Waals surface area contributed by atoms with Crippen molar-refractivity contribution in [2.45, 2.75) is 7.43 Å². The molecule has 0 spiro atoms. The molecule has 0 saturated heterocycles. The van der Waals surface area contributed by atoms with Crippen molar-refractivity contribution < 1.29 is 45.8 Å². The predicted molar refractivity (Wildman–Crippen MR) is 19.6 cm³/mol. The standard InChI is InChI=1S/CH4.H2O9/c;1-3-5-7-9-8-6-4-2/h1H4;1-2H. The highest BCUT2D eigenvalue weighted by Gasteiger charge is 1.89. The van der Waals surface area contributed by atoms with E-state index in [4.69, 9.17) is 10.5 Å². The molecule has 9 heteroatoms. The van der Waals surface area contributed by atoms with Crippen molar-refractivity contribution in [3.8, 4) is 0 Å². The zero-order chi connectivity index (χ0) is 6.95. The topological polar surface area (TPSA) is 105 Å². The summed E-state index contributed by atoms with van der Waals surface area (Å²) in [5.74, 6) is 0. The Morgan fingerprint density at radius 3 is 1.20 bits per heavy atom. The van der Waals surface area contributed by atoms with Crippen molar-refractivity contribution in [1.82, 2.24) is 0 Å². The van der Waals surface area contributed by atoms with Gasteiger partial charge in [0.25, 0.3) is 0 Å². The predicted octanol–water partition coefficient (Wildman–Crippen LogP) is 0.175. The molecule has 9 nitrogen and oxygen atoms in total. The van der Waals surface area contributed by atoms with E-state index in [2.05, 4.69) is 35.3 Å². The van der Waals surface area contributed by atoms with E-state index >= 15 is 0 Å². The van der Waals surface area contributed by atoms with Gasteiger partial charge in [-0.05, 0) is 35.3 Å². The molecule has 2 N–H and O–H groups in total. The third kappa shape index (κ3) is 10.6. The fourth-order valence-corrected chi connectivity index (χ4v) is 0.0589. The average Bonchev–Trinajstić information content (AvgIpc) is 1.89. The third-order valence-electron chi connectivity index (χ3n) is 0.172. The zero-order valence-corrected chi connectivity index (χ0v) is 3.75. The fourth-order valence-electron chi connectivity index (χ4n) is 0.0589. The second-order valence-electron chi connectivity index (χ2n) is 0.489. The highest BCUT2D eigenvalue weighted by Crippen LogP contribution is 1.83. The van der Waals surface area contributed by atoms with Gasteiger partial charge in [-0.15, -0.1) is 0 Å². The Morgan fingerprint density at radius 1 is 0.600 bits per heavy atom. The van der Waals surface area contributed by atoms with Crippen molar-refractivity contribution in [3.63, 3.8) is 0 Å². The lowest BCUT2D eigenvalue weighted by Gasteiger charge is -1.92. The van der Waals surface area contributed by atoms with Crippen LogP contribution >= 0.6 is 0 Å². The van der Waals surface area contributed by atoms with E-state index < -0.39 is 0 Å². The number of hydrogen-bond donors (Lipinski definition) is 2. The molecule has 0 heterocycles. The summed E-state index contributed by atoms with van der Waals surface area (Å²) in [6, 6.07) is 0. The molecule has 0 aromatic heterocycles. The van der Waals surface area contributed by atoms with E-state index in [-0.39, 0.29) is 7.43 Å². The van der Waals surface area contributed by atoms with Crippen LogP contribution < -0.4 is 0 Å². The normalized spacial score (nSPS) is 9.00. The summed E-state index contributed by atoms with van der Waals surface area (Å²) in [5.41, 5.74) is 0. The lowest BCUT2D eigenvalue weighted by Crippen LogP contribution is -1.98. The lowest BCUT2D eigenvalue weighted by molar-refractivity contribution is -0.828. The van der Waals surface area contributed by atoms with Gasteiger partial charge in [0.05, 0.1) is 0 Å². The Morgan fingerprint density at radius 2 is 0.900 bits per heavy atom. The Balaban J connectivity index is 0. The van der Waals surface area contributed by atoms with Crippen molar-refractivity contribution in [2.75, 3.05) is 0 Å². The molecule has 0 aliphatic rings. The molecule has 0 radical (unpaired) electrons. The largest absolute Gasteiger partial charge is 0.219 e. The van der Waals surface area contributed by atoms with Gasteiger partial charge in [0, 0.05) is 0 Å². The molecule has 0 aromatic carbocycles. The summed E-state index contributed by atoms with van der Waals surface area (Å²) >= 11 is 0. The first-order valence-corrected chi connectivity index (χ1v) is 1.37. The fraction of sp³-hybridized carbons (Fsp3) is 1.00. The molecule has 0 fully saturated rings. The summed E-state index contributed by atoms with van der Waals surface area (Å²) in [7, 11) is 0. The summed E-state index contributed by atoms with van der Waals surface area (Å²) in [6.07, 6.45) is 0. The van der Waals surface area contributed by atoms with Gasteiger partial charge in [-0.1, -0.05) is 7.43 Å². The molecule has 0 aliphatic heterocycles. The summed E-state index contributed by atoms with van der Waals surface area (Å²) < 4.78 is 0. The lowest BCUT2D eigenvalue weighted by atomic mass is 12.0. The Bertz CT molecular complexity index is 38.0. The molecular formula is CH6O9. The first-order valence-electron chi connectivity index (χ1n) is 1.37. The molecule has 0 unspecified atom stereocenters. The Hall–Kier alpha value is -0.360. The maximum Gasteiger partial charge on any atom is -0.00000272 e. The van der Waals surface area contributed by atoms with E-state index in [9.17, 15) is 0 Å². The zero-order valence-electron chi connectivity index (χ0n) is 3.75. The molecule has 0 saturated carbocycles. The second-order valence-corrected chi connectivity index (χ2v) is 0.489. The van der Waals surface area contributed by atoms with Gasteiger partial charge in [0.2, 0.25) is 0 Å². The monoisotopic (exact) mass is 162 g/mol. The number of hydrogen-bond acceptors (Lipinski definition) is 9. The highest BCUT2D eigenvalue weighted by molar-refractivity contribution is 2.98. The minimum Gasteiger partial charge on any atom is -0.219 e. The van der Waals surface area contributed by atoms with Crippen molar-refractivity contribution in [2.24, 2.45) is 0 Å². The van der Waals surface area contributed by atoms with E-state index in [1.54, 1.807) is 0 Å². The van der Waals surface area contributed by atoms with Gasteiger partial charge < -0.3 is 0 Å². The van der Waals surface area contributed by atoms with E-state index in [1.807, 2.05) is 0 Å². The Kier molecular flexibility index (Phi) is 14.1. The van der Waals surface area contributed by atoms with Crippen LogP contribution in [0.5, 0.6) is 0 Å². The van der Waals surface area contributed by atoms with Crippen LogP contribution in [0.25, 0.3) is 0 Å². The van der Waals surface area contributed by atoms with E-state index in [1.165, 1.54) is 0 Å². The van der Waals surface area contributed by atoms with Crippen LogP contribution in [0, 0.1) is 0 Å². The SMILES string of the molecule is C.OOOOOOOOO. The average molecular weight is 162 g/mol. The van der Waals surface area contributed by atoms with Crippen molar-refractivity contribution >= 4 is 0 Å². The maximum absolute atomic E-state index is 7.32. The minimum absolute atomic E-state index is 0. The van der Waals surface area contributed by atoms with Crippen LogP contribution in [0.15, 0.2) is 0 Å². The Labute approximate surface area is 54.6 Å². The van der Waals surface area contributed by atoms with Gasteiger partial charge in [-0.2, -0.15) is 0 Å². The third-order valence-corrected chi connectivity index (χ3v) is 0.172. The van der Waals surface area contributed by atoms with E-state index in [0.717, 1.165) is 0 Å².